The van der Waals surface area contributed by atoms with Gasteiger partial charge in [-0.15, -0.1) is 11.3 Å². The number of carboxylic acid groups (broad SMARTS) is 1. The molecule has 5 rings (SSSR count). The van der Waals surface area contributed by atoms with E-state index >= 15 is 0 Å². The zero-order chi connectivity index (χ0) is 22.8. The highest BCUT2D eigenvalue weighted by Crippen LogP contribution is 2.45. The summed E-state index contributed by atoms with van der Waals surface area (Å²) in [6.45, 7) is 2.13. The Bertz CT molecular complexity index is 1380. The molecule has 0 amide bonds. The van der Waals surface area contributed by atoms with Gasteiger partial charge >= 0.3 is 5.97 Å². The normalized spacial score (nSPS) is 14.9. The Morgan fingerprint density at radius 1 is 1.06 bits per heavy atom. The maximum Gasteiger partial charge on any atom is 0.328 e. The van der Waals surface area contributed by atoms with Crippen LogP contribution >= 0.6 is 11.3 Å². The SMILES string of the molecule is Cc1cccnc1/C(=C(\c1ccc(/C=C/C(=O)O)cc1)c1ccc2scnc2c1)C1CCC1. The van der Waals surface area contributed by atoms with Crippen molar-refractivity contribution in [3.05, 3.63) is 100 Å². The highest BCUT2D eigenvalue weighted by molar-refractivity contribution is 7.16. The number of aryl methyl sites for hydroxylation is 1. The van der Waals surface area contributed by atoms with Crippen LogP contribution in [0.15, 0.2) is 72.4 Å². The van der Waals surface area contributed by atoms with E-state index in [1.54, 1.807) is 17.4 Å². The Hall–Kier alpha value is -3.57. The van der Waals surface area contributed by atoms with Gasteiger partial charge in [0.25, 0.3) is 0 Å². The smallest absolute Gasteiger partial charge is 0.328 e. The first-order valence-corrected chi connectivity index (χ1v) is 12.0. The summed E-state index contributed by atoms with van der Waals surface area (Å²) >= 11 is 1.65. The van der Waals surface area contributed by atoms with Crippen molar-refractivity contribution in [1.82, 2.24) is 9.97 Å². The molecule has 4 aromatic rings. The standard InChI is InChI=1S/C28H24N2O2S/c1-18-4-3-15-29-28(18)27(20-5-2-6-20)26(22-12-13-24-23(16-22)30-17-33-24)21-10-7-19(8-11-21)9-14-25(31)32/h3-4,7-17,20H,2,5-6H2,1H3,(H,31,32)/b14-9+,27-26+. The van der Waals surface area contributed by atoms with Crippen molar-refractivity contribution < 1.29 is 9.90 Å². The van der Waals surface area contributed by atoms with E-state index < -0.39 is 5.97 Å². The third-order valence-corrected chi connectivity index (χ3v) is 7.09. The molecule has 164 valence electrons. The summed E-state index contributed by atoms with van der Waals surface area (Å²) in [6, 6.07) is 18.7. The van der Waals surface area contributed by atoms with Crippen LogP contribution in [0.5, 0.6) is 0 Å². The average molecular weight is 453 g/mol. The van der Waals surface area contributed by atoms with Gasteiger partial charge in [-0.2, -0.15) is 0 Å². The van der Waals surface area contributed by atoms with Gasteiger partial charge in [-0.05, 0) is 83.4 Å². The van der Waals surface area contributed by atoms with Gasteiger partial charge in [0.1, 0.15) is 0 Å². The molecular weight excluding hydrogens is 428 g/mol. The molecule has 33 heavy (non-hydrogen) atoms. The number of aliphatic carboxylic acids is 1. The number of thiazole rings is 1. The lowest BCUT2D eigenvalue weighted by atomic mass is 9.73. The molecule has 2 aromatic carbocycles. The second kappa shape index (κ2) is 9.12. The second-order valence-electron chi connectivity index (χ2n) is 8.41. The largest absolute Gasteiger partial charge is 0.478 e. The number of benzene rings is 2. The van der Waals surface area contributed by atoms with E-state index in [0.717, 1.165) is 40.7 Å². The number of nitrogens with zero attached hydrogens (tertiary/aromatic N) is 2. The van der Waals surface area contributed by atoms with Gasteiger partial charge in [-0.3, -0.25) is 4.98 Å². The Morgan fingerprint density at radius 3 is 2.55 bits per heavy atom. The molecule has 1 aliphatic rings. The van der Waals surface area contributed by atoms with Crippen molar-refractivity contribution in [2.75, 3.05) is 0 Å². The molecule has 0 unspecified atom stereocenters. The van der Waals surface area contributed by atoms with Gasteiger partial charge in [0.2, 0.25) is 0 Å². The molecule has 0 spiro atoms. The van der Waals surface area contributed by atoms with E-state index in [9.17, 15) is 4.79 Å². The topological polar surface area (TPSA) is 63.1 Å². The van der Waals surface area contributed by atoms with Crippen molar-refractivity contribution in [2.45, 2.75) is 26.2 Å². The predicted octanol–water partition coefficient (Wildman–Crippen LogP) is 6.86. The number of allylic oxidation sites excluding steroid dienone is 1. The minimum absolute atomic E-state index is 0.464. The van der Waals surface area contributed by atoms with E-state index in [4.69, 9.17) is 10.1 Å². The molecule has 2 aromatic heterocycles. The van der Waals surface area contributed by atoms with E-state index in [1.807, 2.05) is 29.9 Å². The Labute approximate surface area is 197 Å². The quantitative estimate of drug-likeness (QED) is 0.325. The van der Waals surface area contributed by atoms with Crippen LogP contribution in [0.4, 0.5) is 0 Å². The molecule has 2 heterocycles. The fourth-order valence-electron chi connectivity index (χ4n) is 4.40. The van der Waals surface area contributed by atoms with Crippen LogP contribution < -0.4 is 0 Å². The molecule has 1 N–H and O–H groups in total. The number of carboxylic acids is 1. The van der Waals surface area contributed by atoms with Crippen molar-refractivity contribution in [3.8, 4) is 0 Å². The molecule has 4 nitrogen and oxygen atoms in total. The number of carbonyl (C=O) groups is 1. The maximum atomic E-state index is 10.9. The molecule has 5 heteroatoms. The summed E-state index contributed by atoms with van der Waals surface area (Å²) in [7, 11) is 0. The van der Waals surface area contributed by atoms with Crippen LogP contribution in [0.2, 0.25) is 0 Å². The molecule has 0 aliphatic heterocycles. The van der Waals surface area contributed by atoms with Gasteiger partial charge in [0.05, 0.1) is 21.4 Å². The Morgan fingerprint density at radius 2 is 1.85 bits per heavy atom. The lowest BCUT2D eigenvalue weighted by molar-refractivity contribution is -0.131. The van der Waals surface area contributed by atoms with E-state index in [2.05, 4.69) is 48.3 Å². The lowest BCUT2D eigenvalue weighted by Gasteiger charge is -2.31. The van der Waals surface area contributed by atoms with Crippen molar-refractivity contribution >= 4 is 44.7 Å². The zero-order valence-electron chi connectivity index (χ0n) is 18.4. The van der Waals surface area contributed by atoms with Crippen molar-refractivity contribution in [3.63, 3.8) is 0 Å². The molecule has 0 saturated heterocycles. The van der Waals surface area contributed by atoms with Crippen LogP contribution in [-0.4, -0.2) is 21.0 Å². The van der Waals surface area contributed by atoms with Gasteiger partial charge < -0.3 is 5.11 Å². The molecular formula is C28H24N2O2S. The average Bonchev–Trinajstić information content (AvgIpc) is 3.25. The third kappa shape index (κ3) is 4.37. The summed E-state index contributed by atoms with van der Waals surface area (Å²) in [4.78, 5) is 20.3. The fourth-order valence-corrected chi connectivity index (χ4v) is 5.06. The Balaban J connectivity index is 1.74. The number of hydrogen-bond acceptors (Lipinski definition) is 4. The number of rotatable bonds is 6. The molecule has 0 bridgehead atoms. The monoisotopic (exact) mass is 452 g/mol. The number of aromatic nitrogens is 2. The summed E-state index contributed by atoms with van der Waals surface area (Å²) in [6.07, 6.45) is 8.21. The van der Waals surface area contributed by atoms with Crippen LogP contribution in [0, 0.1) is 12.8 Å². The van der Waals surface area contributed by atoms with Gasteiger partial charge in [-0.25, -0.2) is 9.78 Å². The lowest BCUT2D eigenvalue weighted by Crippen LogP contribution is -2.16. The molecule has 1 saturated carbocycles. The van der Waals surface area contributed by atoms with E-state index in [-0.39, 0.29) is 0 Å². The molecule has 0 atom stereocenters. The number of pyridine rings is 1. The van der Waals surface area contributed by atoms with E-state index in [1.165, 1.54) is 33.9 Å². The maximum absolute atomic E-state index is 10.9. The summed E-state index contributed by atoms with van der Waals surface area (Å²) in [5.41, 5.74) is 10.7. The summed E-state index contributed by atoms with van der Waals surface area (Å²) in [5, 5.41) is 8.95. The van der Waals surface area contributed by atoms with Crippen LogP contribution in [-0.2, 0) is 4.79 Å². The number of fused-ring (bicyclic) bond motifs is 1. The first-order chi connectivity index (χ1) is 16.1. The van der Waals surface area contributed by atoms with E-state index in [0.29, 0.717) is 5.92 Å². The first-order valence-electron chi connectivity index (χ1n) is 11.1. The minimum Gasteiger partial charge on any atom is -0.478 e. The highest BCUT2D eigenvalue weighted by Gasteiger charge is 2.29. The van der Waals surface area contributed by atoms with Crippen LogP contribution in [0.1, 0.15) is 47.2 Å². The molecule has 1 aliphatic carbocycles. The fraction of sp³-hybridized carbons (Fsp3) is 0.179. The van der Waals surface area contributed by atoms with Crippen LogP contribution in [0.3, 0.4) is 0 Å². The third-order valence-electron chi connectivity index (χ3n) is 6.28. The van der Waals surface area contributed by atoms with Gasteiger partial charge in [0.15, 0.2) is 0 Å². The van der Waals surface area contributed by atoms with Crippen LogP contribution in [0.25, 0.3) is 27.4 Å². The first kappa shape index (κ1) is 21.3. The molecule has 1 fully saturated rings. The number of hydrogen-bond donors (Lipinski definition) is 1. The second-order valence-corrected chi connectivity index (χ2v) is 9.30. The summed E-state index contributed by atoms with van der Waals surface area (Å²) < 4.78 is 1.17. The minimum atomic E-state index is -0.950. The zero-order valence-corrected chi connectivity index (χ0v) is 19.2. The highest BCUT2D eigenvalue weighted by atomic mass is 32.1. The summed E-state index contributed by atoms with van der Waals surface area (Å²) in [5.74, 6) is -0.486. The Kier molecular flexibility index (Phi) is 5.88. The van der Waals surface area contributed by atoms with Gasteiger partial charge in [0, 0.05) is 12.3 Å². The van der Waals surface area contributed by atoms with Crippen molar-refractivity contribution in [2.24, 2.45) is 5.92 Å². The molecule has 0 radical (unpaired) electrons. The predicted molar refractivity (Wildman–Crippen MR) is 135 cm³/mol. The van der Waals surface area contributed by atoms with Gasteiger partial charge in [-0.1, -0.05) is 42.8 Å². The van der Waals surface area contributed by atoms with Crippen molar-refractivity contribution in [1.29, 1.82) is 0 Å².